The molecule has 24 heavy (non-hydrogen) atoms. The van der Waals surface area contributed by atoms with Gasteiger partial charge in [0, 0.05) is 45.2 Å². The van der Waals surface area contributed by atoms with Crippen LogP contribution in [0.15, 0.2) is 12.4 Å². The second-order valence-electron chi connectivity index (χ2n) is 6.93. The number of carbonyl (C=O) groups excluding carboxylic acids is 1. The van der Waals surface area contributed by atoms with Crippen molar-refractivity contribution < 1.29 is 4.79 Å². The summed E-state index contributed by atoms with van der Waals surface area (Å²) in [7, 11) is 1.83. The van der Waals surface area contributed by atoms with Crippen molar-refractivity contribution in [2.24, 2.45) is 7.05 Å². The Morgan fingerprint density at radius 2 is 2.08 bits per heavy atom. The summed E-state index contributed by atoms with van der Waals surface area (Å²) < 4.78 is 3.99. The van der Waals surface area contributed by atoms with Gasteiger partial charge in [0.05, 0.1) is 11.8 Å². The van der Waals surface area contributed by atoms with Crippen molar-refractivity contribution in [3.63, 3.8) is 0 Å². The monoisotopic (exact) mass is 328 g/mol. The first-order valence-electron chi connectivity index (χ1n) is 8.92. The molecule has 4 rings (SSSR count). The third-order valence-electron chi connectivity index (χ3n) is 5.16. The van der Waals surface area contributed by atoms with Gasteiger partial charge in [-0.1, -0.05) is 6.42 Å². The predicted octanol–water partition coefficient (Wildman–Crippen LogP) is 1.76. The molecule has 1 atom stereocenters. The normalized spacial score (nSPS) is 21.4. The molecule has 128 valence electrons. The van der Waals surface area contributed by atoms with Crippen LogP contribution in [0.5, 0.6) is 0 Å². The molecule has 2 aliphatic rings. The van der Waals surface area contributed by atoms with Crippen molar-refractivity contribution in [2.45, 2.75) is 51.0 Å². The van der Waals surface area contributed by atoms with Gasteiger partial charge in [0.15, 0.2) is 0 Å². The molecule has 1 saturated heterocycles. The fourth-order valence-corrected chi connectivity index (χ4v) is 3.90. The van der Waals surface area contributed by atoms with Gasteiger partial charge in [-0.25, -0.2) is 0 Å². The number of aromatic nitrogens is 5. The van der Waals surface area contributed by atoms with Crippen LogP contribution in [-0.2, 0) is 20.0 Å². The highest BCUT2D eigenvalue weighted by Gasteiger charge is 2.30. The van der Waals surface area contributed by atoms with Gasteiger partial charge in [0.1, 0.15) is 11.6 Å². The van der Waals surface area contributed by atoms with Gasteiger partial charge in [-0.15, -0.1) is 10.2 Å². The molecule has 0 aliphatic carbocycles. The van der Waals surface area contributed by atoms with E-state index in [0.717, 1.165) is 50.5 Å². The molecule has 1 fully saturated rings. The molecule has 0 N–H and O–H groups in total. The van der Waals surface area contributed by atoms with E-state index in [1.54, 1.807) is 17.1 Å². The standard InChI is InChI=1S/C17H24N6O/c1-21-11-14(10-18-21)17(24)22-8-5-6-13(12-22)16-20-19-15-7-3-2-4-9-23(15)16/h10-11,13H,2-9,12H2,1H3/t13-/m0/s1. The van der Waals surface area contributed by atoms with Crippen LogP contribution in [0.25, 0.3) is 0 Å². The zero-order chi connectivity index (χ0) is 16.5. The summed E-state index contributed by atoms with van der Waals surface area (Å²) in [6.45, 7) is 2.56. The van der Waals surface area contributed by atoms with Crippen molar-refractivity contribution in [1.82, 2.24) is 29.4 Å². The molecule has 0 aromatic carbocycles. The molecule has 2 aromatic rings. The zero-order valence-corrected chi connectivity index (χ0v) is 14.2. The second kappa shape index (κ2) is 6.37. The maximum Gasteiger partial charge on any atom is 0.257 e. The first-order chi connectivity index (χ1) is 11.7. The lowest BCUT2D eigenvalue weighted by molar-refractivity contribution is 0.0703. The lowest BCUT2D eigenvalue weighted by atomic mass is 9.96. The Morgan fingerprint density at radius 1 is 1.17 bits per heavy atom. The van der Waals surface area contributed by atoms with Crippen LogP contribution in [0.1, 0.15) is 60.0 Å². The zero-order valence-electron chi connectivity index (χ0n) is 14.2. The summed E-state index contributed by atoms with van der Waals surface area (Å²) in [5, 5.41) is 13.0. The first kappa shape index (κ1) is 15.4. The van der Waals surface area contributed by atoms with E-state index in [9.17, 15) is 4.79 Å². The maximum atomic E-state index is 12.7. The number of amides is 1. The SMILES string of the molecule is Cn1cc(C(=O)N2CCC[C@H](c3nnc4n3CCCCC4)C2)cn1. The van der Waals surface area contributed by atoms with E-state index in [1.165, 1.54) is 19.3 Å². The molecule has 0 saturated carbocycles. The van der Waals surface area contributed by atoms with Crippen molar-refractivity contribution in [1.29, 1.82) is 0 Å². The van der Waals surface area contributed by atoms with Crippen LogP contribution in [0.4, 0.5) is 0 Å². The third kappa shape index (κ3) is 2.83. The molecule has 2 aromatic heterocycles. The Hall–Kier alpha value is -2.18. The van der Waals surface area contributed by atoms with Crippen LogP contribution in [0.3, 0.4) is 0 Å². The van der Waals surface area contributed by atoms with Gasteiger partial charge in [0.25, 0.3) is 5.91 Å². The quantitative estimate of drug-likeness (QED) is 0.842. The van der Waals surface area contributed by atoms with E-state index in [-0.39, 0.29) is 5.91 Å². The number of likely N-dealkylation sites (tertiary alicyclic amines) is 1. The summed E-state index contributed by atoms with van der Waals surface area (Å²) in [4.78, 5) is 14.6. The maximum absolute atomic E-state index is 12.7. The molecule has 0 radical (unpaired) electrons. The number of rotatable bonds is 2. The third-order valence-corrected chi connectivity index (χ3v) is 5.16. The van der Waals surface area contributed by atoms with Crippen LogP contribution >= 0.6 is 0 Å². The summed E-state index contributed by atoms with van der Waals surface area (Å²) in [6, 6.07) is 0. The molecule has 7 heteroatoms. The topological polar surface area (TPSA) is 68.8 Å². The molecular formula is C17H24N6O. The lowest BCUT2D eigenvalue weighted by Gasteiger charge is -2.32. The van der Waals surface area contributed by atoms with Crippen molar-refractivity contribution in [2.75, 3.05) is 13.1 Å². The fraction of sp³-hybridized carbons (Fsp3) is 0.647. The van der Waals surface area contributed by atoms with Crippen LogP contribution in [-0.4, -0.2) is 48.4 Å². The van der Waals surface area contributed by atoms with E-state index in [4.69, 9.17) is 0 Å². The molecule has 2 aliphatic heterocycles. The molecule has 0 unspecified atom stereocenters. The Balaban J connectivity index is 1.53. The minimum absolute atomic E-state index is 0.0726. The number of hydrogen-bond acceptors (Lipinski definition) is 4. The fourth-order valence-electron chi connectivity index (χ4n) is 3.90. The van der Waals surface area contributed by atoms with Crippen molar-refractivity contribution in [3.8, 4) is 0 Å². The van der Waals surface area contributed by atoms with E-state index in [1.807, 2.05) is 11.9 Å². The number of hydrogen-bond donors (Lipinski definition) is 0. The van der Waals surface area contributed by atoms with Crippen LogP contribution in [0, 0.1) is 0 Å². The van der Waals surface area contributed by atoms with E-state index in [0.29, 0.717) is 11.5 Å². The van der Waals surface area contributed by atoms with Crippen molar-refractivity contribution >= 4 is 5.91 Å². The van der Waals surface area contributed by atoms with E-state index in [2.05, 4.69) is 19.9 Å². The van der Waals surface area contributed by atoms with Crippen LogP contribution in [0.2, 0.25) is 0 Å². The highest BCUT2D eigenvalue weighted by molar-refractivity contribution is 5.93. The lowest BCUT2D eigenvalue weighted by Crippen LogP contribution is -2.39. The highest BCUT2D eigenvalue weighted by atomic mass is 16.2. The van der Waals surface area contributed by atoms with Gasteiger partial charge < -0.3 is 9.47 Å². The number of aryl methyl sites for hydroxylation is 2. The summed E-state index contributed by atoms with van der Waals surface area (Å²) in [5.74, 6) is 2.57. The largest absolute Gasteiger partial charge is 0.338 e. The van der Waals surface area contributed by atoms with Gasteiger partial charge in [-0.05, 0) is 25.7 Å². The molecule has 4 heterocycles. The van der Waals surface area contributed by atoms with Gasteiger partial charge in [-0.3, -0.25) is 9.48 Å². The van der Waals surface area contributed by atoms with Gasteiger partial charge >= 0.3 is 0 Å². The predicted molar refractivity (Wildman–Crippen MR) is 88.7 cm³/mol. The van der Waals surface area contributed by atoms with Crippen LogP contribution < -0.4 is 0 Å². The summed E-state index contributed by atoms with van der Waals surface area (Å²) in [5.41, 5.74) is 0.665. The first-order valence-corrected chi connectivity index (χ1v) is 8.92. The summed E-state index contributed by atoms with van der Waals surface area (Å²) >= 11 is 0. The molecule has 7 nitrogen and oxygen atoms in total. The molecule has 0 spiro atoms. The Kier molecular flexibility index (Phi) is 4.08. The number of nitrogens with zero attached hydrogens (tertiary/aromatic N) is 6. The smallest absolute Gasteiger partial charge is 0.257 e. The Bertz CT molecular complexity index is 733. The second-order valence-corrected chi connectivity index (χ2v) is 6.93. The number of carbonyl (C=O) groups is 1. The average molecular weight is 328 g/mol. The van der Waals surface area contributed by atoms with Gasteiger partial charge in [0.2, 0.25) is 0 Å². The average Bonchev–Trinajstić information content (AvgIpc) is 3.14. The minimum atomic E-state index is 0.0726. The Morgan fingerprint density at radius 3 is 2.92 bits per heavy atom. The molecule has 0 bridgehead atoms. The number of piperidine rings is 1. The number of fused-ring (bicyclic) bond motifs is 1. The highest BCUT2D eigenvalue weighted by Crippen LogP contribution is 2.28. The van der Waals surface area contributed by atoms with Gasteiger partial charge in [-0.2, -0.15) is 5.10 Å². The molecular weight excluding hydrogens is 304 g/mol. The van der Waals surface area contributed by atoms with E-state index >= 15 is 0 Å². The Labute approximate surface area is 141 Å². The summed E-state index contributed by atoms with van der Waals surface area (Å²) in [6.07, 6.45) is 10.2. The van der Waals surface area contributed by atoms with Crippen molar-refractivity contribution in [3.05, 3.63) is 29.6 Å². The minimum Gasteiger partial charge on any atom is -0.338 e. The van der Waals surface area contributed by atoms with E-state index < -0.39 is 0 Å². The molecule has 1 amide bonds.